The van der Waals surface area contributed by atoms with Crippen LogP contribution < -0.4 is 5.32 Å². The van der Waals surface area contributed by atoms with Gasteiger partial charge in [-0.2, -0.15) is 0 Å². The predicted octanol–water partition coefficient (Wildman–Crippen LogP) is 2.70. The summed E-state index contributed by atoms with van der Waals surface area (Å²) < 4.78 is 2.13. The molecule has 0 amide bonds. The Morgan fingerprint density at radius 2 is 2.23 bits per heavy atom. The third-order valence-corrected chi connectivity index (χ3v) is 4.64. The van der Waals surface area contributed by atoms with E-state index >= 15 is 0 Å². The minimum absolute atomic E-state index is 0.624. The zero-order valence-electron chi connectivity index (χ0n) is 14.1. The van der Waals surface area contributed by atoms with Gasteiger partial charge in [-0.25, -0.2) is 9.98 Å². The van der Waals surface area contributed by atoms with Crippen molar-refractivity contribution in [1.82, 2.24) is 19.8 Å². The first kappa shape index (κ1) is 16.5. The second-order valence-corrected chi connectivity index (χ2v) is 6.67. The number of hydrogen-bond donors (Lipinski definition) is 1. The smallest absolute Gasteiger partial charge is 0.194 e. The number of rotatable bonds is 5. The molecule has 0 fully saturated rings. The Balaban J connectivity index is 2.07. The van der Waals surface area contributed by atoms with Crippen LogP contribution in [-0.2, 0) is 20.1 Å². The van der Waals surface area contributed by atoms with E-state index in [9.17, 15) is 0 Å². The number of hydrogen-bond acceptors (Lipinski definition) is 3. The number of nitrogens with one attached hydrogen (secondary N) is 1. The molecule has 0 bridgehead atoms. The largest absolute Gasteiger partial charge is 0.357 e. The van der Waals surface area contributed by atoms with Gasteiger partial charge in [0, 0.05) is 37.4 Å². The molecule has 0 saturated heterocycles. The molecular weight excluding hydrogens is 294 g/mol. The Kier molecular flexibility index (Phi) is 5.60. The highest BCUT2D eigenvalue weighted by Crippen LogP contribution is 2.17. The van der Waals surface area contributed by atoms with Crippen molar-refractivity contribution >= 4 is 17.3 Å². The van der Waals surface area contributed by atoms with Crippen LogP contribution in [0.4, 0.5) is 0 Å². The standard InChI is InChI=1S/C16H25N5S/c1-6-17-16(18-10-15-19-12(2)13(3)22-15)21(5)11-14-8-7-9-20(14)4/h7-9H,6,10-11H2,1-5H3,(H,17,18). The summed E-state index contributed by atoms with van der Waals surface area (Å²) in [5.74, 6) is 0.911. The average Bonchev–Trinajstić information content (AvgIpc) is 3.01. The summed E-state index contributed by atoms with van der Waals surface area (Å²) in [7, 11) is 4.13. The van der Waals surface area contributed by atoms with Crippen LogP contribution in [0.2, 0.25) is 0 Å². The molecule has 2 aromatic heterocycles. The highest BCUT2D eigenvalue weighted by Gasteiger charge is 2.09. The maximum atomic E-state index is 4.72. The second kappa shape index (κ2) is 7.45. The van der Waals surface area contributed by atoms with Gasteiger partial charge >= 0.3 is 0 Å². The number of aliphatic imine (C=N–C) groups is 1. The number of thiazole rings is 1. The third kappa shape index (κ3) is 4.10. The summed E-state index contributed by atoms with van der Waals surface area (Å²) in [5, 5.41) is 4.42. The summed E-state index contributed by atoms with van der Waals surface area (Å²) in [6.07, 6.45) is 2.06. The Hall–Kier alpha value is -1.82. The van der Waals surface area contributed by atoms with Crippen molar-refractivity contribution in [3.05, 3.63) is 39.6 Å². The molecule has 0 spiro atoms. The lowest BCUT2D eigenvalue weighted by molar-refractivity contribution is 0.462. The molecule has 6 heteroatoms. The molecule has 2 rings (SSSR count). The highest BCUT2D eigenvalue weighted by molar-refractivity contribution is 7.11. The summed E-state index contributed by atoms with van der Waals surface area (Å²) in [4.78, 5) is 12.7. The van der Waals surface area contributed by atoms with E-state index in [1.807, 2.05) is 6.92 Å². The molecule has 2 aromatic rings. The van der Waals surface area contributed by atoms with Crippen molar-refractivity contribution < 1.29 is 0 Å². The van der Waals surface area contributed by atoms with Crippen LogP contribution in [0, 0.1) is 13.8 Å². The minimum Gasteiger partial charge on any atom is -0.357 e. The fourth-order valence-electron chi connectivity index (χ4n) is 2.20. The van der Waals surface area contributed by atoms with E-state index in [0.29, 0.717) is 6.54 Å². The van der Waals surface area contributed by atoms with E-state index < -0.39 is 0 Å². The molecule has 0 unspecified atom stereocenters. The maximum Gasteiger partial charge on any atom is 0.194 e. The Bertz CT molecular complexity index is 621. The van der Waals surface area contributed by atoms with Crippen molar-refractivity contribution in [3.8, 4) is 0 Å². The predicted molar refractivity (Wildman–Crippen MR) is 93.3 cm³/mol. The summed E-state index contributed by atoms with van der Waals surface area (Å²) in [6, 6.07) is 4.20. The first-order valence-corrected chi connectivity index (χ1v) is 8.35. The van der Waals surface area contributed by atoms with Crippen LogP contribution in [0.1, 0.15) is 28.2 Å². The minimum atomic E-state index is 0.624. The van der Waals surface area contributed by atoms with Crippen LogP contribution in [0.5, 0.6) is 0 Å². The number of guanidine groups is 1. The Morgan fingerprint density at radius 1 is 1.45 bits per heavy atom. The molecule has 0 aliphatic carbocycles. The fraction of sp³-hybridized carbons (Fsp3) is 0.500. The van der Waals surface area contributed by atoms with E-state index in [-0.39, 0.29) is 0 Å². The van der Waals surface area contributed by atoms with Gasteiger partial charge < -0.3 is 14.8 Å². The van der Waals surface area contributed by atoms with Crippen molar-refractivity contribution in [1.29, 1.82) is 0 Å². The van der Waals surface area contributed by atoms with Crippen molar-refractivity contribution in [2.24, 2.45) is 12.0 Å². The molecule has 0 aliphatic heterocycles. The molecule has 120 valence electrons. The van der Waals surface area contributed by atoms with Gasteiger partial charge in [0.2, 0.25) is 0 Å². The van der Waals surface area contributed by atoms with Gasteiger partial charge in [-0.15, -0.1) is 11.3 Å². The van der Waals surface area contributed by atoms with Crippen molar-refractivity contribution in [2.45, 2.75) is 33.9 Å². The van der Waals surface area contributed by atoms with E-state index in [1.54, 1.807) is 11.3 Å². The highest BCUT2D eigenvalue weighted by atomic mass is 32.1. The lowest BCUT2D eigenvalue weighted by atomic mass is 10.4. The van der Waals surface area contributed by atoms with Gasteiger partial charge in [0.25, 0.3) is 0 Å². The fourth-order valence-corrected chi connectivity index (χ4v) is 3.06. The van der Waals surface area contributed by atoms with E-state index in [4.69, 9.17) is 4.99 Å². The second-order valence-electron chi connectivity index (χ2n) is 5.39. The number of aromatic nitrogens is 2. The molecule has 2 heterocycles. The van der Waals surface area contributed by atoms with Gasteiger partial charge in [0.1, 0.15) is 5.01 Å². The lowest BCUT2D eigenvalue weighted by Crippen LogP contribution is -2.38. The van der Waals surface area contributed by atoms with E-state index in [1.165, 1.54) is 10.6 Å². The monoisotopic (exact) mass is 319 g/mol. The summed E-state index contributed by atoms with van der Waals surface area (Å²) >= 11 is 1.73. The van der Waals surface area contributed by atoms with Gasteiger partial charge in [-0.05, 0) is 32.9 Å². The van der Waals surface area contributed by atoms with Crippen LogP contribution >= 0.6 is 11.3 Å². The zero-order chi connectivity index (χ0) is 16.1. The van der Waals surface area contributed by atoms with Crippen molar-refractivity contribution in [2.75, 3.05) is 13.6 Å². The van der Waals surface area contributed by atoms with Crippen LogP contribution in [0.3, 0.4) is 0 Å². The van der Waals surface area contributed by atoms with E-state index in [0.717, 1.165) is 29.8 Å². The van der Waals surface area contributed by atoms with Gasteiger partial charge in [-0.1, -0.05) is 0 Å². The molecule has 0 aromatic carbocycles. The third-order valence-electron chi connectivity index (χ3n) is 3.58. The molecule has 0 atom stereocenters. The molecule has 0 saturated carbocycles. The van der Waals surface area contributed by atoms with Crippen LogP contribution in [0.15, 0.2) is 23.3 Å². The lowest BCUT2D eigenvalue weighted by Gasteiger charge is -2.22. The number of nitrogens with zero attached hydrogens (tertiary/aromatic N) is 4. The summed E-state index contributed by atoms with van der Waals surface area (Å²) in [6.45, 7) is 8.54. The average molecular weight is 319 g/mol. The van der Waals surface area contributed by atoms with Crippen LogP contribution in [-0.4, -0.2) is 34.0 Å². The molecule has 0 aliphatic rings. The normalized spacial score (nSPS) is 11.8. The first-order chi connectivity index (χ1) is 10.5. The topological polar surface area (TPSA) is 45.5 Å². The van der Waals surface area contributed by atoms with Gasteiger partial charge in [0.05, 0.1) is 18.8 Å². The molecular formula is C16H25N5S. The maximum absolute atomic E-state index is 4.72. The molecule has 22 heavy (non-hydrogen) atoms. The Morgan fingerprint density at radius 3 is 2.77 bits per heavy atom. The molecule has 0 radical (unpaired) electrons. The number of aryl methyl sites for hydroxylation is 3. The zero-order valence-corrected chi connectivity index (χ0v) is 14.9. The van der Waals surface area contributed by atoms with Gasteiger partial charge in [0.15, 0.2) is 5.96 Å². The SMILES string of the molecule is CCNC(=NCc1nc(C)c(C)s1)N(C)Cc1cccn1C. The van der Waals surface area contributed by atoms with Crippen molar-refractivity contribution in [3.63, 3.8) is 0 Å². The summed E-state index contributed by atoms with van der Waals surface area (Å²) in [5.41, 5.74) is 2.37. The van der Waals surface area contributed by atoms with Gasteiger partial charge in [-0.3, -0.25) is 0 Å². The molecule has 5 nitrogen and oxygen atoms in total. The van der Waals surface area contributed by atoms with E-state index in [2.05, 4.69) is 66.0 Å². The molecule has 1 N–H and O–H groups in total. The van der Waals surface area contributed by atoms with Crippen LogP contribution in [0.25, 0.3) is 0 Å². The Labute approximate surface area is 136 Å². The quantitative estimate of drug-likeness (QED) is 0.681. The first-order valence-electron chi connectivity index (χ1n) is 7.53.